The SMILES string of the molecule is O=C(CO)c1ccc(SCc2cc(=O)c(O)c[nH]2)cc1. The summed E-state index contributed by atoms with van der Waals surface area (Å²) in [4.78, 5) is 26.3. The third-order valence-electron chi connectivity index (χ3n) is 2.67. The molecule has 20 heavy (non-hydrogen) atoms. The van der Waals surface area contributed by atoms with Gasteiger partial charge in [-0.15, -0.1) is 11.8 Å². The molecule has 0 fully saturated rings. The van der Waals surface area contributed by atoms with Crippen LogP contribution in [-0.4, -0.2) is 27.6 Å². The highest BCUT2D eigenvalue weighted by atomic mass is 32.2. The first-order chi connectivity index (χ1) is 9.60. The number of ketones is 1. The van der Waals surface area contributed by atoms with E-state index in [1.165, 1.54) is 24.0 Å². The Labute approximate surface area is 119 Å². The number of carbonyl (C=O) groups is 1. The summed E-state index contributed by atoms with van der Waals surface area (Å²) in [5.74, 6) is -0.0713. The molecule has 5 nitrogen and oxygen atoms in total. The van der Waals surface area contributed by atoms with E-state index in [-0.39, 0.29) is 11.5 Å². The van der Waals surface area contributed by atoms with Gasteiger partial charge in [0.05, 0.1) is 0 Å². The van der Waals surface area contributed by atoms with Gasteiger partial charge in [0.2, 0.25) is 5.43 Å². The molecule has 104 valence electrons. The summed E-state index contributed by atoms with van der Waals surface area (Å²) < 4.78 is 0. The van der Waals surface area contributed by atoms with Crippen LogP contribution >= 0.6 is 11.8 Å². The van der Waals surface area contributed by atoms with Crippen LogP contribution in [-0.2, 0) is 5.75 Å². The fraction of sp³-hybridized carbons (Fsp3) is 0.143. The molecule has 0 amide bonds. The van der Waals surface area contributed by atoms with Gasteiger partial charge in [-0.2, -0.15) is 0 Å². The summed E-state index contributed by atoms with van der Waals surface area (Å²) in [5, 5.41) is 17.9. The lowest BCUT2D eigenvalue weighted by Crippen LogP contribution is -2.03. The van der Waals surface area contributed by atoms with Gasteiger partial charge in [0.15, 0.2) is 11.5 Å². The van der Waals surface area contributed by atoms with Crippen molar-refractivity contribution >= 4 is 17.5 Å². The molecule has 0 bridgehead atoms. The van der Waals surface area contributed by atoms with Crippen molar-refractivity contribution in [2.45, 2.75) is 10.6 Å². The Hall–Kier alpha value is -2.05. The number of aliphatic hydroxyl groups excluding tert-OH is 1. The van der Waals surface area contributed by atoms with Gasteiger partial charge in [-0.3, -0.25) is 9.59 Å². The van der Waals surface area contributed by atoms with E-state index in [9.17, 15) is 9.59 Å². The van der Waals surface area contributed by atoms with E-state index in [0.717, 1.165) is 4.90 Å². The van der Waals surface area contributed by atoms with E-state index in [1.54, 1.807) is 24.3 Å². The largest absolute Gasteiger partial charge is 0.503 e. The molecule has 1 aromatic carbocycles. The minimum atomic E-state index is -0.499. The Morgan fingerprint density at radius 1 is 1.25 bits per heavy atom. The van der Waals surface area contributed by atoms with Crippen LogP contribution in [0.1, 0.15) is 16.1 Å². The number of aromatic nitrogens is 1. The van der Waals surface area contributed by atoms with Crippen molar-refractivity contribution < 1.29 is 15.0 Å². The zero-order valence-corrected chi connectivity index (χ0v) is 11.3. The highest BCUT2D eigenvalue weighted by Crippen LogP contribution is 2.22. The van der Waals surface area contributed by atoms with Crippen molar-refractivity contribution in [1.29, 1.82) is 0 Å². The molecule has 0 radical (unpaired) electrons. The van der Waals surface area contributed by atoms with Crippen LogP contribution in [0.2, 0.25) is 0 Å². The number of rotatable bonds is 5. The second kappa shape index (κ2) is 6.40. The summed E-state index contributed by atoms with van der Waals surface area (Å²) in [6.45, 7) is -0.499. The third-order valence-corrected chi connectivity index (χ3v) is 3.73. The minimum Gasteiger partial charge on any atom is -0.503 e. The summed E-state index contributed by atoms with van der Waals surface area (Å²) in [6, 6.07) is 8.23. The molecule has 2 rings (SSSR count). The standard InChI is InChI=1S/C14H13NO4S/c16-7-14(19)9-1-3-11(4-2-9)20-8-10-5-12(17)13(18)6-15-10/h1-6,16,18H,7-8H2,(H,15,17). The summed E-state index contributed by atoms with van der Waals surface area (Å²) in [5.41, 5.74) is 0.756. The number of carbonyl (C=O) groups excluding carboxylic acids is 1. The first-order valence-corrected chi connectivity index (χ1v) is 6.86. The molecule has 0 atom stereocenters. The molecule has 2 aromatic rings. The number of benzene rings is 1. The molecule has 0 spiro atoms. The van der Waals surface area contributed by atoms with Gasteiger partial charge in [-0.25, -0.2) is 0 Å². The lowest BCUT2D eigenvalue weighted by Gasteiger charge is -2.03. The zero-order valence-electron chi connectivity index (χ0n) is 10.5. The van der Waals surface area contributed by atoms with Crippen molar-refractivity contribution in [3.63, 3.8) is 0 Å². The molecule has 0 aliphatic carbocycles. The number of aromatic amines is 1. The van der Waals surface area contributed by atoms with Crippen LogP contribution in [0.4, 0.5) is 0 Å². The van der Waals surface area contributed by atoms with Crippen LogP contribution in [0, 0.1) is 0 Å². The van der Waals surface area contributed by atoms with Crippen LogP contribution in [0.15, 0.2) is 46.2 Å². The van der Waals surface area contributed by atoms with E-state index in [4.69, 9.17) is 10.2 Å². The van der Waals surface area contributed by atoms with Gasteiger partial charge in [0.25, 0.3) is 0 Å². The smallest absolute Gasteiger partial charge is 0.223 e. The Morgan fingerprint density at radius 3 is 2.55 bits per heavy atom. The minimum absolute atomic E-state index is 0.300. The van der Waals surface area contributed by atoms with E-state index < -0.39 is 12.0 Å². The summed E-state index contributed by atoms with van der Waals surface area (Å²) in [6.07, 6.45) is 1.27. The van der Waals surface area contributed by atoms with E-state index in [1.807, 2.05) is 0 Å². The number of Topliss-reactive ketones (excluding diaryl/α,β-unsaturated/α-hetero) is 1. The highest BCUT2D eigenvalue weighted by Gasteiger charge is 2.04. The molecule has 1 heterocycles. The quantitative estimate of drug-likeness (QED) is 0.574. The Morgan fingerprint density at radius 2 is 1.95 bits per heavy atom. The topological polar surface area (TPSA) is 90.4 Å². The van der Waals surface area contributed by atoms with Crippen LogP contribution in [0.5, 0.6) is 5.75 Å². The van der Waals surface area contributed by atoms with Gasteiger partial charge in [-0.05, 0) is 12.1 Å². The van der Waals surface area contributed by atoms with Crippen molar-refractivity contribution in [2.24, 2.45) is 0 Å². The number of thioether (sulfide) groups is 1. The number of aliphatic hydroxyl groups is 1. The Kier molecular flexibility index (Phi) is 4.60. The average Bonchev–Trinajstić information content (AvgIpc) is 2.48. The van der Waals surface area contributed by atoms with Gasteiger partial charge >= 0.3 is 0 Å². The van der Waals surface area contributed by atoms with Gasteiger partial charge in [-0.1, -0.05) is 12.1 Å². The van der Waals surface area contributed by atoms with E-state index >= 15 is 0 Å². The lowest BCUT2D eigenvalue weighted by molar-refractivity contribution is 0.0903. The number of pyridine rings is 1. The second-order valence-electron chi connectivity index (χ2n) is 4.10. The molecule has 6 heteroatoms. The van der Waals surface area contributed by atoms with E-state index in [2.05, 4.69) is 4.98 Å². The molecule has 0 saturated carbocycles. The predicted octanol–water partition coefficient (Wildman–Crippen LogP) is 1.55. The first kappa shape index (κ1) is 14.4. The lowest BCUT2D eigenvalue weighted by atomic mass is 10.1. The van der Waals surface area contributed by atoms with Gasteiger partial charge in [0.1, 0.15) is 6.61 Å². The summed E-state index contributed by atoms with van der Waals surface area (Å²) >= 11 is 1.49. The molecule has 0 unspecified atom stereocenters. The maximum atomic E-state index is 11.3. The molecule has 3 N–H and O–H groups in total. The van der Waals surface area contributed by atoms with E-state index in [0.29, 0.717) is 17.0 Å². The van der Waals surface area contributed by atoms with Gasteiger partial charge in [0, 0.05) is 34.2 Å². The van der Waals surface area contributed by atoms with Crippen molar-refractivity contribution in [2.75, 3.05) is 6.61 Å². The van der Waals surface area contributed by atoms with Crippen molar-refractivity contribution in [1.82, 2.24) is 4.98 Å². The molecule has 0 aliphatic heterocycles. The maximum Gasteiger partial charge on any atom is 0.223 e. The molecule has 0 saturated heterocycles. The molecular formula is C14H13NO4S. The fourth-order valence-corrected chi connectivity index (χ4v) is 2.40. The first-order valence-electron chi connectivity index (χ1n) is 5.87. The normalized spacial score (nSPS) is 10.4. The van der Waals surface area contributed by atoms with Crippen molar-refractivity contribution in [3.8, 4) is 5.75 Å². The van der Waals surface area contributed by atoms with Crippen LogP contribution in [0.3, 0.4) is 0 Å². The molecular weight excluding hydrogens is 278 g/mol. The zero-order chi connectivity index (χ0) is 14.5. The predicted molar refractivity (Wildman–Crippen MR) is 76.1 cm³/mol. The summed E-state index contributed by atoms with van der Waals surface area (Å²) in [7, 11) is 0. The fourth-order valence-electron chi connectivity index (χ4n) is 1.58. The molecule has 1 aromatic heterocycles. The Bertz CT molecular complexity index is 664. The molecule has 0 aliphatic rings. The number of H-pyrrole nitrogens is 1. The van der Waals surface area contributed by atoms with Crippen LogP contribution < -0.4 is 5.43 Å². The monoisotopic (exact) mass is 291 g/mol. The third kappa shape index (κ3) is 3.49. The number of aromatic hydroxyl groups is 1. The number of hydrogen-bond acceptors (Lipinski definition) is 5. The van der Waals surface area contributed by atoms with Crippen molar-refractivity contribution in [3.05, 3.63) is 58.0 Å². The van der Waals surface area contributed by atoms with Gasteiger partial charge < -0.3 is 15.2 Å². The highest BCUT2D eigenvalue weighted by molar-refractivity contribution is 7.98. The van der Waals surface area contributed by atoms with Crippen LogP contribution in [0.25, 0.3) is 0 Å². The number of nitrogens with one attached hydrogen (secondary N) is 1. The average molecular weight is 291 g/mol. The number of hydrogen-bond donors (Lipinski definition) is 3. The maximum absolute atomic E-state index is 11.3. The Balaban J connectivity index is 2.02. The second-order valence-corrected chi connectivity index (χ2v) is 5.15.